The molecule has 6 heteroatoms. The number of fused-ring (bicyclic) bond motifs is 1. The molecule has 0 atom stereocenters. The standard InChI is InChI=1S/C16H15F2NO3/c1-8-13(9-2-3-9)12(18)6-10-14(8)19(5-4-17)7-11(15(10)20)16(21)22/h6-7,9H,2-5H2,1H3,(H,21,22). The number of carbonyl (C=O) groups is 1. The number of aromatic carboxylic acids is 1. The molecule has 0 spiro atoms. The van der Waals surface area contributed by atoms with E-state index in [1.165, 1.54) is 4.57 Å². The predicted molar refractivity (Wildman–Crippen MR) is 77.8 cm³/mol. The van der Waals surface area contributed by atoms with Gasteiger partial charge >= 0.3 is 5.97 Å². The number of benzene rings is 1. The molecule has 0 aliphatic heterocycles. The van der Waals surface area contributed by atoms with Crippen LogP contribution in [0.4, 0.5) is 8.78 Å². The summed E-state index contributed by atoms with van der Waals surface area (Å²) in [7, 11) is 0. The van der Waals surface area contributed by atoms with Crippen molar-refractivity contribution in [1.82, 2.24) is 4.57 Å². The van der Waals surface area contributed by atoms with Gasteiger partial charge in [-0.25, -0.2) is 13.6 Å². The Morgan fingerprint density at radius 2 is 2.14 bits per heavy atom. The van der Waals surface area contributed by atoms with E-state index in [9.17, 15) is 18.4 Å². The molecule has 1 N–H and O–H groups in total. The number of nitrogens with zero attached hydrogens (tertiary/aromatic N) is 1. The van der Waals surface area contributed by atoms with Crippen molar-refractivity contribution in [3.63, 3.8) is 0 Å². The van der Waals surface area contributed by atoms with Crippen molar-refractivity contribution < 1.29 is 18.7 Å². The first kappa shape index (κ1) is 14.7. The third-order valence-electron chi connectivity index (χ3n) is 4.15. The fraction of sp³-hybridized carbons (Fsp3) is 0.375. The molecule has 1 aliphatic rings. The lowest BCUT2D eigenvalue weighted by Gasteiger charge is -2.16. The number of alkyl halides is 1. The van der Waals surface area contributed by atoms with Gasteiger partial charge < -0.3 is 9.67 Å². The van der Waals surface area contributed by atoms with E-state index in [0.29, 0.717) is 16.6 Å². The van der Waals surface area contributed by atoms with Gasteiger partial charge in [0.1, 0.15) is 18.1 Å². The normalized spacial score (nSPS) is 14.5. The number of rotatable bonds is 4. The molecule has 0 unspecified atom stereocenters. The third kappa shape index (κ3) is 2.19. The number of hydrogen-bond donors (Lipinski definition) is 1. The first-order chi connectivity index (χ1) is 10.5. The van der Waals surface area contributed by atoms with Crippen LogP contribution >= 0.6 is 0 Å². The van der Waals surface area contributed by atoms with E-state index in [1.54, 1.807) is 6.92 Å². The second-order valence-corrected chi connectivity index (χ2v) is 5.63. The molecule has 22 heavy (non-hydrogen) atoms. The number of pyridine rings is 1. The maximum Gasteiger partial charge on any atom is 0.341 e. The van der Waals surface area contributed by atoms with E-state index in [4.69, 9.17) is 5.11 Å². The van der Waals surface area contributed by atoms with Crippen molar-refractivity contribution in [3.8, 4) is 0 Å². The van der Waals surface area contributed by atoms with Crippen LogP contribution in [0.1, 0.15) is 40.2 Å². The zero-order chi connectivity index (χ0) is 16.0. The topological polar surface area (TPSA) is 59.3 Å². The molecule has 2 aromatic rings. The number of carboxylic acids is 1. The molecule has 4 nitrogen and oxygen atoms in total. The molecule has 0 amide bonds. The fourth-order valence-corrected chi connectivity index (χ4v) is 3.04. The third-order valence-corrected chi connectivity index (χ3v) is 4.15. The second-order valence-electron chi connectivity index (χ2n) is 5.63. The van der Waals surface area contributed by atoms with Crippen LogP contribution in [-0.2, 0) is 6.54 Å². The van der Waals surface area contributed by atoms with Crippen molar-refractivity contribution in [3.05, 3.63) is 45.0 Å². The Bertz CT molecular complexity index is 838. The largest absolute Gasteiger partial charge is 0.477 e. The fourth-order valence-electron chi connectivity index (χ4n) is 3.04. The van der Waals surface area contributed by atoms with E-state index in [2.05, 4.69) is 0 Å². The Morgan fingerprint density at radius 1 is 1.45 bits per heavy atom. The maximum atomic E-state index is 14.3. The highest BCUT2D eigenvalue weighted by molar-refractivity contribution is 5.93. The Labute approximate surface area is 125 Å². The van der Waals surface area contributed by atoms with Crippen LogP contribution < -0.4 is 5.43 Å². The first-order valence-corrected chi connectivity index (χ1v) is 7.11. The van der Waals surface area contributed by atoms with Crippen molar-refractivity contribution in [1.29, 1.82) is 0 Å². The monoisotopic (exact) mass is 307 g/mol. The zero-order valence-electron chi connectivity index (χ0n) is 12.0. The summed E-state index contributed by atoms with van der Waals surface area (Å²) < 4.78 is 28.5. The number of hydrogen-bond acceptors (Lipinski definition) is 2. The average Bonchev–Trinajstić information content (AvgIpc) is 3.26. The van der Waals surface area contributed by atoms with Gasteiger partial charge in [0, 0.05) is 11.6 Å². The molecule has 0 radical (unpaired) electrons. The SMILES string of the molecule is Cc1c(C2CC2)c(F)cc2c(=O)c(C(=O)O)cn(CCF)c12. The van der Waals surface area contributed by atoms with Crippen molar-refractivity contribution >= 4 is 16.9 Å². The van der Waals surface area contributed by atoms with Gasteiger partial charge in [-0.05, 0) is 42.9 Å². The van der Waals surface area contributed by atoms with Crippen LogP contribution in [0.3, 0.4) is 0 Å². The smallest absolute Gasteiger partial charge is 0.341 e. The minimum Gasteiger partial charge on any atom is -0.477 e. The summed E-state index contributed by atoms with van der Waals surface area (Å²) in [6.45, 7) is 0.925. The second kappa shape index (κ2) is 5.19. The van der Waals surface area contributed by atoms with Gasteiger partial charge in [-0.1, -0.05) is 0 Å². The van der Waals surface area contributed by atoms with Gasteiger partial charge in [0.15, 0.2) is 0 Å². The molecular formula is C16H15F2NO3. The maximum absolute atomic E-state index is 14.3. The van der Waals surface area contributed by atoms with Crippen LogP contribution in [0.2, 0.25) is 0 Å². The van der Waals surface area contributed by atoms with Crippen LogP contribution in [0.5, 0.6) is 0 Å². The van der Waals surface area contributed by atoms with E-state index in [0.717, 1.165) is 25.1 Å². The van der Waals surface area contributed by atoms with Crippen LogP contribution in [0.15, 0.2) is 17.1 Å². The molecule has 0 bridgehead atoms. The summed E-state index contributed by atoms with van der Waals surface area (Å²) in [5.74, 6) is -1.75. The number of aryl methyl sites for hydroxylation is 2. The van der Waals surface area contributed by atoms with E-state index >= 15 is 0 Å². The molecule has 1 aromatic heterocycles. The Kier molecular flexibility index (Phi) is 3.47. The molecule has 1 aromatic carbocycles. The van der Waals surface area contributed by atoms with Crippen LogP contribution in [0.25, 0.3) is 10.9 Å². The van der Waals surface area contributed by atoms with E-state index in [1.807, 2.05) is 0 Å². The average molecular weight is 307 g/mol. The Hall–Kier alpha value is -2.24. The van der Waals surface area contributed by atoms with Gasteiger partial charge in [-0.3, -0.25) is 4.79 Å². The molecule has 0 saturated heterocycles. The minimum absolute atomic E-state index is 0.00671. The molecular weight excluding hydrogens is 292 g/mol. The van der Waals surface area contributed by atoms with Gasteiger partial charge in [-0.2, -0.15) is 0 Å². The quantitative estimate of drug-likeness (QED) is 0.944. The summed E-state index contributed by atoms with van der Waals surface area (Å²) in [5, 5.41) is 9.10. The lowest BCUT2D eigenvalue weighted by Crippen LogP contribution is -2.20. The summed E-state index contributed by atoms with van der Waals surface area (Å²) in [6.07, 6.45) is 2.93. The number of carboxylic acid groups (broad SMARTS) is 1. The van der Waals surface area contributed by atoms with Crippen molar-refractivity contribution in [2.45, 2.75) is 32.2 Å². The van der Waals surface area contributed by atoms with Gasteiger partial charge in [0.05, 0.1) is 12.1 Å². The number of aromatic nitrogens is 1. The molecule has 116 valence electrons. The Morgan fingerprint density at radius 3 is 2.68 bits per heavy atom. The predicted octanol–water partition coefficient (Wildman–Crippen LogP) is 2.99. The lowest BCUT2D eigenvalue weighted by atomic mass is 9.98. The molecule has 3 rings (SSSR count). The van der Waals surface area contributed by atoms with Crippen LogP contribution in [0, 0.1) is 12.7 Å². The highest BCUT2D eigenvalue weighted by Gasteiger charge is 2.30. The van der Waals surface area contributed by atoms with Crippen LogP contribution in [-0.4, -0.2) is 22.3 Å². The van der Waals surface area contributed by atoms with Gasteiger partial charge in [0.25, 0.3) is 0 Å². The molecule has 1 aliphatic carbocycles. The summed E-state index contributed by atoms with van der Waals surface area (Å²) in [5.41, 5.74) is 0.374. The highest BCUT2D eigenvalue weighted by Crippen LogP contribution is 2.44. The molecule has 1 fully saturated rings. The Balaban J connectivity index is 2.43. The molecule has 1 heterocycles. The van der Waals surface area contributed by atoms with Crippen molar-refractivity contribution in [2.75, 3.05) is 6.67 Å². The zero-order valence-corrected chi connectivity index (χ0v) is 12.0. The highest BCUT2D eigenvalue weighted by atomic mass is 19.1. The summed E-state index contributed by atoms with van der Waals surface area (Å²) in [6, 6.07) is 1.10. The summed E-state index contributed by atoms with van der Waals surface area (Å²) in [4.78, 5) is 23.4. The van der Waals surface area contributed by atoms with Crippen molar-refractivity contribution in [2.24, 2.45) is 0 Å². The van der Waals surface area contributed by atoms with Gasteiger partial charge in [-0.15, -0.1) is 0 Å². The summed E-state index contributed by atoms with van der Waals surface area (Å²) >= 11 is 0. The van der Waals surface area contributed by atoms with Gasteiger partial charge in [0.2, 0.25) is 5.43 Å². The lowest BCUT2D eigenvalue weighted by molar-refractivity contribution is 0.0694. The minimum atomic E-state index is -1.40. The number of halogens is 2. The molecule has 1 saturated carbocycles. The first-order valence-electron chi connectivity index (χ1n) is 7.11. The van der Waals surface area contributed by atoms with E-state index < -0.39 is 29.5 Å². The van der Waals surface area contributed by atoms with E-state index in [-0.39, 0.29) is 17.8 Å².